The van der Waals surface area contributed by atoms with Crippen LogP contribution in [0.1, 0.15) is 13.3 Å². The van der Waals surface area contributed by atoms with Crippen molar-refractivity contribution in [1.82, 2.24) is 15.0 Å². The maximum atomic E-state index is 5.63. The van der Waals surface area contributed by atoms with E-state index in [0.717, 1.165) is 23.8 Å². The maximum absolute atomic E-state index is 5.63. The molecule has 0 saturated heterocycles. The van der Waals surface area contributed by atoms with E-state index in [1.165, 1.54) is 17.8 Å². The van der Waals surface area contributed by atoms with Crippen LogP contribution in [0.3, 0.4) is 0 Å². The summed E-state index contributed by atoms with van der Waals surface area (Å²) in [4.78, 5) is 12.7. The Morgan fingerprint density at radius 1 is 1.16 bits per heavy atom. The molecule has 0 amide bonds. The maximum Gasteiger partial charge on any atom is 0.197 e. The summed E-state index contributed by atoms with van der Waals surface area (Å²) in [5, 5.41) is 4.52. The van der Waals surface area contributed by atoms with Gasteiger partial charge in [0.1, 0.15) is 22.5 Å². The van der Waals surface area contributed by atoms with E-state index >= 15 is 0 Å². The average molecular weight is 276 g/mol. The Balaban J connectivity index is 2.13. The van der Waals surface area contributed by atoms with Crippen molar-refractivity contribution < 1.29 is 0 Å². The Hall–Kier alpha value is -2.02. The number of nitrogens with one attached hydrogen (secondary N) is 1. The fourth-order valence-electron chi connectivity index (χ4n) is 1.42. The topological polar surface area (TPSA) is 103 Å². The van der Waals surface area contributed by atoms with Gasteiger partial charge in [-0.3, -0.25) is 0 Å². The van der Waals surface area contributed by atoms with Crippen LogP contribution >= 0.6 is 11.8 Å². The predicted octanol–water partition coefficient (Wildman–Crippen LogP) is 2.01. The highest BCUT2D eigenvalue weighted by Gasteiger charge is 2.05. The first-order valence-electron chi connectivity index (χ1n) is 5.96. The van der Waals surface area contributed by atoms with Crippen LogP contribution in [0.5, 0.6) is 0 Å². The Kier molecular flexibility index (Phi) is 4.40. The second-order valence-corrected chi connectivity index (χ2v) is 4.88. The zero-order valence-corrected chi connectivity index (χ0v) is 11.4. The number of nitrogen functional groups attached to an aromatic ring is 2. The summed E-state index contributed by atoms with van der Waals surface area (Å²) in [5.41, 5.74) is 11.3. The summed E-state index contributed by atoms with van der Waals surface area (Å²) in [5.74, 6) is 1.55. The number of nitrogens with zero attached hydrogens (tertiary/aromatic N) is 3. The lowest BCUT2D eigenvalue weighted by molar-refractivity contribution is 0.953. The van der Waals surface area contributed by atoms with Gasteiger partial charge in [-0.1, -0.05) is 13.0 Å². The molecule has 2 rings (SSSR count). The standard InChI is InChI=1S/C12H16N6S/c1-2-6-15-10-4-3-5-11(18-10)19-12-16-8(13)7-9(14)17-12/h3-5,7H,2,6H2,1H3,(H,15,18)(H4,13,14,16,17). The molecule has 0 unspecified atom stereocenters. The van der Waals surface area contributed by atoms with E-state index < -0.39 is 0 Å². The van der Waals surface area contributed by atoms with E-state index in [1.807, 2.05) is 18.2 Å². The summed E-state index contributed by atoms with van der Waals surface area (Å²) >= 11 is 1.33. The van der Waals surface area contributed by atoms with Crippen molar-refractivity contribution in [2.45, 2.75) is 23.5 Å². The minimum Gasteiger partial charge on any atom is -0.383 e. The summed E-state index contributed by atoms with van der Waals surface area (Å²) < 4.78 is 0. The van der Waals surface area contributed by atoms with E-state index in [-0.39, 0.29) is 0 Å². The van der Waals surface area contributed by atoms with Crippen molar-refractivity contribution in [3.63, 3.8) is 0 Å². The summed E-state index contributed by atoms with van der Waals surface area (Å²) in [6.45, 7) is 3.00. The van der Waals surface area contributed by atoms with Crippen LogP contribution in [-0.2, 0) is 0 Å². The number of aromatic nitrogens is 3. The highest BCUT2D eigenvalue weighted by molar-refractivity contribution is 7.99. The Bertz CT molecular complexity index is 539. The van der Waals surface area contributed by atoms with E-state index in [2.05, 4.69) is 27.2 Å². The van der Waals surface area contributed by atoms with Crippen molar-refractivity contribution in [1.29, 1.82) is 0 Å². The van der Waals surface area contributed by atoms with Gasteiger partial charge in [0.2, 0.25) is 0 Å². The molecule has 0 saturated carbocycles. The quantitative estimate of drug-likeness (QED) is 0.718. The fraction of sp³-hybridized carbons (Fsp3) is 0.250. The van der Waals surface area contributed by atoms with E-state index in [9.17, 15) is 0 Å². The first-order chi connectivity index (χ1) is 9.17. The lowest BCUT2D eigenvalue weighted by atomic mass is 10.4. The molecule has 0 bridgehead atoms. The second kappa shape index (κ2) is 6.24. The molecule has 5 N–H and O–H groups in total. The number of hydrogen-bond acceptors (Lipinski definition) is 7. The Morgan fingerprint density at radius 3 is 2.58 bits per heavy atom. The first kappa shape index (κ1) is 13.4. The molecule has 6 nitrogen and oxygen atoms in total. The van der Waals surface area contributed by atoms with Crippen LogP contribution in [-0.4, -0.2) is 21.5 Å². The molecule has 0 atom stereocenters. The molecule has 0 spiro atoms. The lowest BCUT2D eigenvalue weighted by Crippen LogP contribution is -2.02. The van der Waals surface area contributed by atoms with Gasteiger partial charge in [-0.15, -0.1) is 0 Å². The Labute approximate surface area is 116 Å². The molecule has 0 aliphatic heterocycles. The Morgan fingerprint density at radius 2 is 1.89 bits per heavy atom. The minimum atomic E-state index is 0.357. The van der Waals surface area contributed by atoms with Crippen LogP contribution in [0.15, 0.2) is 34.4 Å². The van der Waals surface area contributed by atoms with E-state index in [4.69, 9.17) is 11.5 Å². The van der Waals surface area contributed by atoms with Gasteiger partial charge in [-0.2, -0.15) is 0 Å². The van der Waals surface area contributed by atoms with Crippen molar-refractivity contribution >= 4 is 29.2 Å². The van der Waals surface area contributed by atoms with Crippen LogP contribution in [0.4, 0.5) is 17.5 Å². The van der Waals surface area contributed by atoms with Gasteiger partial charge in [0.15, 0.2) is 5.16 Å². The molecular weight excluding hydrogens is 260 g/mol. The third-order valence-corrected chi connectivity index (χ3v) is 3.02. The molecule has 0 aromatic carbocycles. The molecule has 19 heavy (non-hydrogen) atoms. The van der Waals surface area contributed by atoms with Crippen LogP contribution < -0.4 is 16.8 Å². The van der Waals surface area contributed by atoms with Crippen LogP contribution in [0, 0.1) is 0 Å². The lowest BCUT2D eigenvalue weighted by Gasteiger charge is -2.06. The van der Waals surface area contributed by atoms with Crippen molar-refractivity contribution in [3.8, 4) is 0 Å². The number of pyridine rings is 1. The van der Waals surface area contributed by atoms with Gasteiger partial charge < -0.3 is 16.8 Å². The molecule has 100 valence electrons. The molecule has 0 aliphatic carbocycles. The van der Waals surface area contributed by atoms with Gasteiger partial charge in [0, 0.05) is 12.6 Å². The minimum absolute atomic E-state index is 0.357. The number of hydrogen-bond donors (Lipinski definition) is 3. The normalized spacial score (nSPS) is 10.4. The highest BCUT2D eigenvalue weighted by atomic mass is 32.2. The molecule has 7 heteroatoms. The van der Waals surface area contributed by atoms with Gasteiger partial charge >= 0.3 is 0 Å². The molecule has 0 radical (unpaired) electrons. The zero-order valence-electron chi connectivity index (χ0n) is 10.6. The van der Waals surface area contributed by atoms with Gasteiger partial charge in [-0.25, -0.2) is 15.0 Å². The summed E-state index contributed by atoms with van der Waals surface area (Å²) in [7, 11) is 0. The molecule has 2 aromatic rings. The van der Waals surface area contributed by atoms with Crippen molar-refractivity contribution in [2.24, 2.45) is 0 Å². The molecule has 0 fully saturated rings. The third kappa shape index (κ3) is 3.99. The largest absolute Gasteiger partial charge is 0.383 e. The molecule has 0 aliphatic rings. The second-order valence-electron chi connectivity index (χ2n) is 3.89. The SMILES string of the molecule is CCCNc1cccc(Sc2nc(N)cc(N)n2)n1. The van der Waals surface area contributed by atoms with Gasteiger partial charge in [0.25, 0.3) is 0 Å². The zero-order chi connectivity index (χ0) is 13.7. The smallest absolute Gasteiger partial charge is 0.197 e. The van der Waals surface area contributed by atoms with Crippen molar-refractivity contribution in [3.05, 3.63) is 24.3 Å². The highest BCUT2D eigenvalue weighted by Crippen LogP contribution is 2.25. The predicted molar refractivity (Wildman–Crippen MR) is 78.0 cm³/mol. The summed E-state index contributed by atoms with van der Waals surface area (Å²) in [6.07, 6.45) is 1.05. The van der Waals surface area contributed by atoms with Crippen molar-refractivity contribution in [2.75, 3.05) is 23.3 Å². The van der Waals surface area contributed by atoms with Gasteiger partial charge in [0.05, 0.1) is 0 Å². The van der Waals surface area contributed by atoms with Crippen LogP contribution in [0.25, 0.3) is 0 Å². The average Bonchev–Trinajstić information content (AvgIpc) is 2.35. The fourth-order valence-corrected chi connectivity index (χ4v) is 2.20. The number of rotatable bonds is 5. The molecule has 2 heterocycles. The van der Waals surface area contributed by atoms with Crippen LogP contribution in [0.2, 0.25) is 0 Å². The number of anilines is 3. The third-order valence-electron chi connectivity index (χ3n) is 2.22. The van der Waals surface area contributed by atoms with Gasteiger partial charge in [-0.05, 0) is 30.3 Å². The first-order valence-corrected chi connectivity index (χ1v) is 6.78. The molecule has 2 aromatic heterocycles. The monoisotopic (exact) mass is 276 g/mol. The number of nitrogens with two attached hydrogens (primary N) is 2. The van der Waals surface area contributed by atoms with E-state index in [1.54, 1.807) is 0 Å². The van der Waals surface area contributed by atoms with E-state index in [0.29, 0.717) is 16.8 Å². The summed E-state index contributed by atoms with van der Waals surface area (Å²) in [6, 6.07) is 7.28. The molecular formula is C12H16N6S.